The van der Waals surface area contributed by atoms with E-state index in [0.717, 1.165) is 5.56 Å². The van der Waals surface area contributed by atoms with E-state index in [1.54, 1.807) is 16.9 Å². The quantitative estimate of drug-likeness (QED) is 0.892. The molecule has 1 aromatic heterocycles. The third-order valence-electron chi connectivity index (χ3n) is 2.98. The maximum Gasteiger partial charge on any atom is 0.263 e. The van der Waals surface area contributed by atoms with Crippen molar-refractivity contribution < 1.29 is 13.9 Å². The van der Waals surface area contributed by atoms with Crippen LogP contribution in [0.15, 0.2) is 30.5 Å². The third-order valence-corrected chi connectivity index (χ3v) is 2.98. The van der Waals surface area contributed by atoms with Crippen molar-refractivity contribution in [1.82, 2.24) is 9.78 Å². The van der Waals surface area contributed by atoms with Gasteiger partial charge in [0.25, 0.3) is 5.91 Å². The molecule has 0 spiro atoms. The van der Waals surface area contributed by atoms with Gasteiger partial charge in [0.15, 0.2) is 6.61 Å². The number of amides is 1. The van der Waals surface area contributed by atoms with Crippen LogP contribution in [0.2, 0.25) is 0 Å². The normalized spacial score (nSPS) is 10.8. The standard InChI is InChI=1S/C16H20FN3O2/c1-11(2)9-20-16(12(3)8-18-20)19-15(21)10-22-14-6-4-5-13(17)7-14/h4-8,11H,9-10H2,1-3H3,(H,19,21). The molecular weight excluding hydrogens is 285 g/mol. The summed E-state index contributed by atoms with van der Waals surface area (Å²) in [5.41, 5.74) is 0.889. The zero-order chi connectivity index (χ0) is 16.1. The van der Waals surface area contributed by atoms with Gasteiger partial charge in [-0.2, -0.15) is 5.10 Å². The van der Waals surface area contributed by atoms with E-state index in [2.05, 4.69) is 24.3 Å². The Bertz CT molecular complexity index is 653. The molecule has 1 aromatic carbocycles. The molecule has 2 rings (SSSR count). The molecule has 5 nitrogen and oxygen atoms in total. The van der Waals surface area contributed by atoms with Gasteiger partial charge < -0.3 is 10.1 Å². The SMILES string of the molecule is Cc1cnn(CC(C)C)c1NC(=O)COc1cccc(F)c1. The molecule has 1 amide bonds. The van der Waals surface area contributed by atoms with Crippen molar-refractivity contribution >= 4 is 11.7 Å². The molecule has 0 unspecified atom stereocenters. The maximum atomic E-state index is 13.0. The summed E-state index contributed by atoms with van der Waals surface area (Å²) in [4.78, 5) is 12.0. The van der Waals surface area contributed by atoms with Crippen molar-refractivity contribution in [3.8, 4) is 5.75 Å². The van der Waals surface area contributed by atoms with Gasteiger partial charge in [-0.3, -0.25) is 4.79 Å². The highest BCUT2D eigenvalue weighted by Crippen LogP contribution is 2.16. The molecule has 0 saturated carbocycles. The number of hydrogen-bond acceptors (Lipinski definition) is 3. The Kier molecular flexibility index (Phi) is 5.14. The average Bonchev–Trinajstić information content (AvgIpc) is 2.77. The van der Waals surface area contributed by atoms with Crippen molar-refractivity contribution in [2.75, 3.05) is 11.9 Å². The Hall–Kier alpha value is -2.37. The molecule has 1 N–H and O–H groups in total. The zero-order valence-corrected chi connectivity index (χ0v) is 13.0. The lowest BCUT2D eigenvalue weighted by atomic mass is 10.2. The summed E-state index contributed by atoms with van der Waals surface area (Å²) in [5, 5.41) is 7.04. The molecular formula is C16H20FN3O2. The number of halogens is 1. The third kappa shape index (κ3) is 4.31. The summed E-state index contributed by atoms with van der Waals surface area (Å²) in [6, 6.07) is 5.69. The molecule has 22 heavy (non-hydrogen) atoms. The van der Waals surface area contributed by atoms with Crippen LogP contribution < -0.4 is 10.1 Å². The van der Waals surface area contributed by atoms with Crippen LogP contribution in [-0.4, -0.2) is 22.3 Å². The molecule has 1 heterocycles. The van der Waals surface area contributed by atoms with Gasteiger partial charge >= 0.3 is 0 Å². The van der Waals surface area contributed by atoms with Gasteiger partial charge in [0, 0.05) is 18.2 Å². The molecule has 0 saturated heterocycles. The average molecular weight is 305 g/mol. The van der Waals surface area contributed by atoms with Crippen molar-refractivity contribution in [1.29, 1.82) is 0 Å². The fraction of sp³-hybridized carbons (Fsp3) is 0.375. The molecule has 0 radical (unpaired) electrons. The number of anilines is 1. The first-order valence-corrected chi connectivity index (χ1v) is 7.16. The highest BCUT2D eigenvalue weighted by molar-refractivity contribution is 5.91. The minimum Gasteiger partial charge on any atom is -0.484 e. The van der Waals surface area contributed by atoms with E-state index >= 15 is 0 Å². The zero-order valence-electron chi connectivity index (χ0n) is 13.0. The molecule has 118 valence electrons. The van der Waals surface area contributed by atoms with Crippen LogP contribution in [-0.2, 0) is 11.3 Å². The molecule has 6 heteroatoms. The van der Waals surface area contributed by atoms with Crippen LogP contribution in [0, 0.1) is 18.7 Å². The molecule has 0 aliphatic rings. The second-order valence-corrected chi connectivity index (χ2v) is 5.55. The van der Waals surface area contributed by atoms with Crippen LogP contribution in [0.1, 0.15) is 19.4 Å². The number of nitrogens with one attached hydrogen (secondary N) is 1. The van der Waals surface area contributed by atoms with Crippen LogP contribution in [0.5, 0.6) is 5.75 Å². The number of aromatic nitrogens is 2. The van der Waals surface area contributed by atoms with Crippen LogP contribution >= 0.6 is 0 Å². The number of carbonyl (C=O) groups is 1. The highest BCUT2D eigenvalue weighted by Gasteiger charge is 2.12. The summed E-state index contributed by atoms with van der Waals surface area (Å²) in [6.45, 7) is 6.57. The number of carbonyl (C=O) groups excluding carboxylic acids is 1. The van der Waals surface area contributed by atoms with Gasteiger partial charge in [-0.1, -0.05) is 19.9 Å². The molecule has 0 aliphatic heterocycles. The largest absolute Gasteiger partial charge is 0.484 e. The number of hydrogen-bond donors (Lipinski definition) is 1. The van der Waals surface area contributed by atoms with Crippen LogP contribution in [0.3, 0.4) is 0 Å². The van der Waals surface area contributed by atoms with E-state index < -0.39 is 5.82 Å². The second kappa shape index (κ2) is 7.06. The monoisotopic (exact) mass is 305 g/mol. The fourth-order valence-electron chi connectivity index (χ4n) is 2.00. The van der Waals surface area contributed by atoms with Crippen molar-refractivity contribution in [2.45, 2.75) is 27.3 Å². The lowest BCUT2D eigenvalue weighted by Gasteiger charge is -2.12. The van der Waals surface area contributed by atoms with Gasteiger partial charge in [0.05, 0.1) is 6.20 Å². The van der Waals surface area contributed by atoms with Gasteiger partial charge in [0.2, 0.25) is 0 Å². The maximum absolute atomic E-state index is 13.0. The fourth-order valence-corrected chi connectivity index (χ4v) is 2.00. The van der Waals surface area contributed by atoms with E-state index in [0.29, 0.717) is 24.0 Å². The molecule has 0 atom stereocenters. The van der Waals surface area contributed by atoms with Gasteiger partial charge in [-0.15, -0.1) is 0 Å². The Labute approximate surface area is 129 Å². The summed E-state index contributed by atoms with van der Waals surface area (Å²) in [6.07, 6.45) is 1.71. The summed E-state index contributed by atoms with van der Waals surface area (Å²) < 4.78 is 20.1. The topological polar surface area (TPSA) is 56.2 Å². The lowest BCUT2D eigenvalue weighted by Crippen LogP contribution is -2.23. The van der Waals surface area contributed by atoms with Crippen LogP contribution in [0.4, 0.5) is 10.2 Å². The number of rotatable bonds is 6. The summed E-state index contributed by atoms with van der Waals surface area (Å²) >= 11 is 0. The molecule has 0 bridgehead atoms. The first kappa shape index (κ1) is 16.0. The minimum absolute atomic E-state index is 0.185. The molecule has 2 aromatic rings. The van der Waals surface area contributed by atoms with E-state index in [9.17, 15) is 9.18 Å². The highest BCUT2D eigenvalue weighted by atomic mass is 19.1. The van der Waals surface area contributed by atoms with Gasteiger partial charge in [-0.25, -0.2) is 9.07 Å². The Morgan fingerprint density at radius 1 is 1.45 bits per heavy atom. The Morgan fingerprint density at radius 2 is 2.23 bits per heavy atom. The minimum atomic E-state index is -0.399. The van der Waals surface area contributed by atoms with E-state index in [-0.39, 0.29) is 12.5 Å². The van der Waals surface area contributed by atoms with Gasteiger partial charge in [-0.05, 0) is 25.0 Å². The predicted molar refractivity (Wildman–Crippen MR) is 82.3 cm³/mol. The number of ether oxygens (including phenoxy) is 1. The second-order valence-electron chi connectivity index (χ2n) is 5.55. The summed E-state index contributed by atoms with van der Waals surface area (Å²) in [7, 11) is 0. The number of aryl methyl sites for hydroxylation is 1. The van der Waals surface area contributed by atoms with E-state index in [1.807, 2.05) is 6.92 Å². The van der Waals surface area contributed by atoms with E-state index in [4.69, 9.17) is 4.74 Å². The van der Waals surface area contributed by atoms with E-state index in [1.165, 1.54) is 18.2 Å². The van der Waals surface area contributed by atoms with Crippen molar-refractivity contribution in [3.63, 3.8) is 0 Å². The van der Waals surface area contributed by atoms with Gasteiger partial charge in [0.1, 0.15) is 17.4 Å². The first-order valence-electron chi connectivity index (χ1n) is 7.16. The van der Waals surface area contributed by atoms with Crippen molar-refractivity contribution in [2.24, 2.45) is 5.92 Å². The predicted octanol–water partition coefficient (Wildman–Crippen LogP) is 3.00. The van der Waals surface area contributed by atoms with Crippen molar-refractivity contribution in [3.05, 3.63) is 41.8 Å². The Morgan fingerprint density at radius 3 is 2.91 bits per heavy atom. The molecule has 0 aliphatic carbocycles. The van der Waals surface area contributed by atoms with Crippen LogP contribution in [0.25, 0.3) is 0 Å². The number of benzene rings is 1. The number of nitrogens with zero attached hydrogens (tertiary/aromatic N) is 2. The first-order chi connectivity index (χ1) is 10.5. The Balaban J connectivity index is 1.96. The molecule has 0 fully saturated rings. The smallest absolute Gasteiger partial charge is 0.263 e. The lowest BCUT2D eigenvalue weighted by molar-refractivity contribution is -0.118. The summed E-state index contributed by atoms with van der Waals surface area (Å²) in [5.74, 6) is 0.698.